The van der Waals surface area contributed by atoms with E-state index in [-0.39, 0.29) is 36.8 Å². The summed E-state index contributed by atoms with van der Waals surface area (Å²) in [5, 5.41) is 3.30. The Morgan fingerprint density at radius 1 is 1.30 bits per heavy atom. The van der Waals surface area contributed by atoms with Crippen molar-refractivity contribution in [1.29, 1.82) is 0 Å². The summed E-state index contributed by atoms with van der Waals surface area (Å²) < 4.78 is 0. The van der Waals surface area contributed by atoms with Crippen molar-refractivity contribution >= 4 is 36.5 Å². The maximum Gasteiger partial charge on any atom is 0.255 e. The van der Waals surface area contributed by atoms with Crippen LogP contribution >= 0.6 is 24.8 Å². The zero-order chi connectivity index (χ0) is 12.5. The van der Waals surface area contributed by atoms with Gasteiger partial charge in [0.1, 0.15) is 5.82 Å². The van der Waals surface area contributed by atoms with Crippen molar-refractivity contribution in [1.82, 2.24) is 9.88 Å². The first kappa shape index (κ1) is 17.0. The predicted molar refractivity (Wildman–Crippen MR) is 83.9 cm³/mol. The van der Waals surface area contributed by atoms with Gasteiger partial charge in [0.2, 0.25) is 0 Å². The Hall–Kier alpha value is -1.04. The third-order valence-corrected chi connectivity index (χ3v) is 3.45. The lowest BCUT2D eigenvalue weighted by atomic mass is 10.2. The van der Waals surface area contributed by atoms with Gasteiger partial charge in [0.25, 0.3) is 5.91 Å². The zero-order valence-electron chi connectivity index (χ0n) is 11.1. The van der Waals surface area contributed by atoms with E-state index in [1.165, 1.54) is 12.8 Å². The highest BCUT2D eigenvalue weighted by molar-refractivity contribution is 5.94. The second-order valence-corrected chi connectivity index (χ2v) is 5.15. The number of amides is 1. The molecular weight excluding hydrogens is 299 g/mol. The quantitative estimate of drug-likeness (QED) is 0.889. The molecule has 112 valence electrons. The Bertz CT molecular complexity index is 450. The lowest BCUT2D eigenvalue weighted by Gasteiger charge is -2.15. The molecule has 0 unspecified atom stereocenters. The van der Waals surface area contributed by atoms with E-state index in [4.69, 9.17) is 5.73 Å². The summed E-state index contributed by atoms with van der Waals surface area (Å²) in [7, 11) is 0. The first-order valence-electron chi connectivity index (χ1n) is 6.50. The van der Waals surface area contributed by atoms with Gasteiger partial charge < -0.3 is 16.0 Å². The van der Waals surface area contributed by atoms with Gasteiger partial charge in [-0.25, -0.2) is 4.98 Å². The van der Waals surface area contributed by atoms with Gasteiger partial charge in [0.05, 0.1) is 5.56 Å². The van der Waals surface area contributed by atoms with Crippen LogP contribution in [0.1, 0.15) is 29.6 Å². The highest BCUT2D eigenvalue weighted by atomic mass is 35.5. The number of likely N-dealkylation sites (tertiary alicyclic amines) is 1. The van der Waals surface area contributed by atoms with Gasteiger partial charge in [-0.05, 0) is 31.4 Å². The molecule has 7 heteroatoms. The van der Waals surface area contributed by atoms with Crippen molar-refractivity contribution < 1.29 is 4.79 Å². The molecule has 0 bridgehead atoms. The highest BCUT2D eigenvalue weighted by Crippen LogP contribution is 2.23. The molecule has 2 fully saturated rings. The predicted octanol–water partition coefficient (Wildman–Crippen LogP) is 1.67. The molecule has 0 radical (unpaired) electrons. The van der Waals surface area contributed by atoms with Crippen LogP contribution < -0.4 is 11.1 Å². The smallest absolute Gasteiger partial charge is 0.255 e. The van der Waals surface area contributed by atoms with Gasteiger partial charge in [-0.2, -0.15) is 0 Å². The van der Waals surface area contributed by atoms with E-state index in [0.717, 1.165) is 18.8 Å². The number of nitrogens with two attached hydrogens (primary N) is 1. The average molecular weight is 319 g/mol. The van der Waals surface area contributed by atoms with E-state index < -0.39 is 0 Å². The van der Waals surface area contributed by atoms with Crippen molar-refractivity contribution in [2.24, 2.45) is 5.73 Å². The van der Waals surface area contributed by atoms with Crippen molar-refractivity contribution in [3.05, 3.63) is 23.9 Å². The fourth-order valence-corrected chi connectivity index (χ4v) is 2.20. The van der Waals surface area contributed by atoms with Crippen LogP contribution in [0.5, 0.6) is 0 Å². The van der Waals surface area contributed by atoms with E-state index in [9.17, 15) is 4.79 Å². The highest BCUT2D eigenvalue weighted by Gasteiger charge is 2.25. The Morgan fingerprint density at radius 2 is 2.05 bits per heavy atom. The summed E-state index contributed by atoms with van der Waals surface area (Å²) in [6, 6.07) is 4.42. The molecule has 1 saturated carbocycles. The molecule has 20 heavy (non-hydrogen) atoms. The first-order chi connectivity index (χ1) is 8.72. The topological polar surface area (TPSA) is 71.2 Å². The molecule has 1 aromatic heterocycles. The van der Waals surface area contributed by atoms with E-state index in [1.807, 2.05) is 12.1 Å². The van der Waals surface area contributed by atoms with Crippen LogP contribution in [0.4, 0.5) is 5.82 Å². The van der Waals surface area contributed by atoms with Crippen LogP contribution in [0.3, 0.4) is 0 Å². The molecular formula is C13H20Cl2N4O. The maximum absolute atomic E-state index is 12.1. The zero-order valence-corrected chi connectivity index (χ0v) is 12.8. The minimum absolute atomic E-state index is 0. The Morgan fingerprint density at radius 3 is 2.55 bits per heavy atom. The van der Waals surface area contributed by atoms with Gasteiger partial charge in [-0.1, -0.05) is 0 Å². The van der Waals surface area contributed by atoms with E-state index in [0.29, 0.717) is 18.2 Å². The molecule has 1 amide bonds. The normalized spacial score (nSPS) is 20.9. The van der Waals surface area contributed by atoms with Crippen molar-refractivity contribution in [3.8, 4) is 0 Å². The van der Waals surface area contributed by atoms with Crippen molar-refractivity contribution in [3.63, 3.8) is 0 Å². The number of nitrogens with one attached hydrogen (secondary N) is 1. The van der Waals surface area contributed by atoms with Crippen LogP contribution in [0.15, 0.2) is 18.3 Å². The molecule has 1 saturated heterocycles. The van der Waals surface area contributed by atoms with Crippen LogP contribution in [0, 0.1) is 0 Å². The molecule has 1 atom stereocenters. The Balaban J connectivity index is 0.000001000. The molecule has 5 nitrogen and oxygen atoms in total. The molecule has 3 N–H and O–H groups in total. The standard InChI is InChI=1S/C13H18N4O.2ClH/c14-10-5-6-17(8-10)13(18)9-1-4-12(15-7-9)16-11-2-3-11;;/h1,4,7,10-11H,2-3,5-6,8,14H2,(H,15,16);2*1H/t10-;;/m1../s1. The fourth-order valence-electron chi connectivity index (χ4n) is 2.20. The molecule has 0 aromatic carbocycles. The summed E-state index contributed by atoms with van der Waals surface area (Å²) >= 11 is 0. The van der Waals surface area contributed by atoms with Crippen molar-refractivity contribution in [2.45, 2.75) is 31.3 Å². The van der Waals surface area contributed by atoms with Gasteiger partial charge in [0.15, 0.2) is 0 Å². The molecule has 2 aliphatic rings. The van der Waals surface area contributed by atoms with Crippen LogP contribution in [0.25, 0.3) is 0 Å². The Labute approximate surface area is 131 Å². The number of rotatable bonds is 3. The Kier molecular flexibility index (Phi) is 6.05. The summed E-state index contributed by atoms with van der Waals surface area (Å²) in [5.74, 6) is 0.889. The van der Waals surface area contributed by atoms with Gasteiger partial charge in [0, 0.05) is 31.4 Å². The van der Waals surface area contributed by atoms with Gasteiger partial charge >= 0.3 is 0 Å². The van der Waals surface area contributed by atoms with Crippen LogP contribution in [-0.4, -0.2) is 41.0 Å². The number of hydrogen-bond acceptors (Lipinski definition) is 4. The number of anilines is 1. The third-order valence-electron chi connectivity index (χ3n) is 3.45. The summed E-state index contributed by atoms with van der Waals surface area (Å²) in [4.78, 5) is 18.2. The number of hydrogen-bond donors (Lipinski definition) is 2. The molecule has 3 rings (SSSR count). The van der Waals surface area contributed by atoms with Crippen molar-refractivity contribution in [2.75, 3.05) is 18.4 Å². The SMILES string of the molecule is Cl.Cl.N[C@@H]1CCN(C(=O)c2ccc(NC3CC3)nc2)C1. The summed E-state index contributed by atoms with van der Waals surface area (Å²) in [6.45, 7) is 1.41. The minimum Gasteiger partial charge on any atom is -0.367 e. The lowest BCUT2D eigenvalue weighted by Crippen LogP contribution is -2.31. The van der Waals surface area contributed by atoms with Crippen LogP contribution in [0.2, 0.25) is 0 Å². The maximum atomic E-state index is 12.1. The molecule has 0 spiro atoms. The number of aromatic nitrogens is 1. The van der Waals surface area contributed by atoms with E-state index >= 15 is 0 Å². The van der Waals surface area contributed by atoms with Gasteiger partial charge in [-0.3, -0.25) is 4.79 Å². The van der Waals surface area contributed by atoms with E-state index in [1.54, 1.807) is 11.1 Å². The number of halogens is 2. The number of carbonyl (C=O) groups is 1. The lowest BCUT2D eigenvalue weighted by molar-refractivity contribution is 0.0790. The number of pyridine rings is 1. The second kappa shape index (κ2) is 7.11. The number of carbonyl (C=O) groups excluding carboxylic acids is 1. The average Bonchev–Trinajstić information content (AvgIpc) is 3.09. The molecule has 2 heterocycles. The molecule has 1 aliphatic heterocycles. The minimum atomic E-state index is 0. The summed E-state index contributed by atoms with van der Waals surface area (Å²) in [5.41, 5.74) is 6.45. The third kappa shape index (κ3) is 3.98. The largest absolute Gasteiger partial charge is 0.367 e. The fraction of sp³-hybridized carbons (Fsp3) is 0.538. The van der Waals surface area contributed by atoms with Gasteiger partial charge in [-0.15, -0.1) is 24.8 Å². The van der Waals surface area contributed by atoms with Crippen LogP contribution in [-0.2, 0) is 0 Å². The number of nitrogens with zero attached hydrogens (tertiary/aromatic N) is 2. The van der Waals surface area contributed by atoms with E-state index in [2.05, 4.69) is 10.3 Å². The first-order valence-corrected chi connectivity index (χ1v) is 6.50. The second-order valence-electron chi connectivity index (χ2n) is 5.15. The molecule has 1 aromatic rings. The molecule has 1 aliphatic carbocycles. The monoisotopic (exact) mass is 318 g/mol. The summed E-state index contributed by atoms with van der Waals surface area (Å²) in [6.07, 6.45) is 4.97.